The van der Waals surface area contributed by atoms with Crippen molar-refractivity contribution in [3.05, 3.63) is 48.0 Å². The minimum absolute atomic E-state index is 0. The molecule has 0 atom stereocenters. The highest BCUT2D eigenvalue weighted by atomic mass is 35.5. The summed E-state index contributed by atoms with van der Waals surface area (Å²) >= 11 is 1.07. The number of thiazole rings is 1. The first-order chi connectivity index (χ1) is 15.5. The number of rotatable bonds is 8. The first-order valence-corrected chi connectivity index (χ1v) is 11.0. The number of benzene rings is 2. The van der Waals surface area contributed by atoms with Crippen LogP contribution < -0.4 is 14.4 Å². The van der Waals surface area contributed by atoms with Gasteiger partial charge in [0.05, 0.1) is 25.0 Å². The largest absolute Gasteiger partial charge is 0.497 e. The van der Waals surface area contributed by atoms with Gasteiger partial charge in [0.25, 0.3) is 5.91 Å². The molecule has 4 rings (SSSR count). The van der Waals surface area contributed by atoms with Crippen molar-refractivity contribution >= 4 is 45.0 Å². The third-order valence-electron chi connectivity index (χ3n) is 5.10. The van der Waals surface area contributed by atoms with Crippen molar-refractivity contribution in [3.8, 4) is 11.5 Å². The molecule has 0 saturated carbocycles. The summed E-state index contributed by atoms with van der Waals surface area (Å²) in [5.41, 5.74) is 0.0478. The number of hydrogen-bond acceptors (Lipinski definition) is 7. The summed E-state index contributed by atoms with van der Waals surface area (Å²) < 4.78 is 44.3. The predicted molar refractivity (Wildman–Crippen MR) is 125 cm³/mol. The highest BCUT2D eigenvalue weighted by Gasteiger charge is 2.23. The number of fused-ring (bicyclic) bond motifs is 1. The van der Waals surface area contributed by atoms with Crippen LogP contribution in [0.5, 0.6) is 11.5 Å². The number of amides is 1. The van der Waals surface area contributed by atoms with Gasteiger partial charge in [-0.2, -0.15) is 0 Å². The van der Waals surface area contributed by atoms with Crippen molar-refractivity contribution in [1.29, 1.82) is 0 Å². The average molecular weight is 500 g/mol. The van der Waals surface area contributed by atoms with Gasteiger partial charge in [-0.3, -0.25) is 14.6 Å². The molecule has 7 nitrogen and oxygen atoms in total. The molecule has 2 heterocycles. The zero-order chi connectivity index (χ0) is 22.5. The molecular formula is C22H24ClF2N3O4S. The Morgan fingerprint density at radius 3 is 2.58 bits per heavy atom. The Balaban J connectivity index is 0.00000306. The van der Waals surface area contributed by atoms with Crippen molar-refractivity contribution in [3.63, 3.8) is 0 Å². The highest BCUT2D eigenvalue weighted by Crippen LogP contribution is 2.31. The van der Waals surface area contributed by atoms with Gasteiger partial charge in [-0.25, -0.2) is 13.8 Å². The topological polar surface area (TPSA) is 64.1 Å². The Morgan fingerprint density at radius 1 is 1.18 bits per heavy atom. The van der Waals surface area contributed by atoms with Crippen LogP contribution in [0.25, 0.3) is 10.2 Å². The standard InChI is InChI=1S/C22H23F2N3O4S.ClH/c1-29-16-2-4-17(5-3-16)31-14-20(28)27(7-6-26-8-10-30-11-9-26)22-25-21-18(24)12-15(23)13-19(21)32-22;/h2-5,12-13H,6-11,14H2,1H3;1H. The number of hydrogen-bond donors (Lipinski definition) is 0. The fourth-order valence-electron chi connectivity index (χ4n) is 3.35. The van der Waals surface area contributed by atoms with Crippen LogP contribution in [0.1, 0.15) is 0 Å². The fourth-order valence-corrected chi connectivity index (χ4v) is 4.40. The molecule has 3 aromatic rings. The van der Waals surface area contributed by atoms with E-state index in [9.17, 15) is 13.6 Å². The molecule has 178 valence electrons. The van der Waals surface area contributed by atoms with Gasteiger partial charge in [0.1, 0.15) is 22.8 Å². The molecule has 11 heteroatoms. The Hall–Kier alpha value is -2.53. The van der Waals surface area contributed by atoms with Crippen LogP contribution in [0.15, 0.2) is 36.4 Å². The number of halogens is 3. The smallest absolute Gasteiger partial charge is 0.266 e. The van der Waals surface area contributed by atoms with Gasteiger partial charge in [-0.15, -0.1) is 12.4 Å². The third kappa shape index (κ3) is 6.29. The van der Waals surface area contributed by atoms with Crippen LogP contribution in [0.2, 0.25) is 0 Å². The number of anilines is 1. The highest BCUT2D eigenvalue weighted by molar-refractivity contribution is 7.22. The molecule has 0 unspecified atom stereocenters. The molecule has 1 saturated heterocycles. The number of aromatic nitrogens is 1. The minimum atomic E-state index is -0.752. The normalized spacial score (nSPS) is 14.0. The number of methoxy groups -OCH3 is 1. The van der Waals surface area contributed by atoms with Crippen molar-refractivity contribution in [2.45, 2.75) is 0 Å². The van der Waals surface area contributed by atoms with Crippen LogP contribution in [-0.4, -0.2) is 68.9 Å². The number of ether oxygens (including phenoxy) is 3. The van der Waals surface area contributed by atoms with E-state index in [2.05, 4.69) is 9.88 Å². The van der Waals surface area contributed by atoms with Gasteiger partial charge < -0.3 is 14.2 Å². The van der Waals surface area contributed by atoms with Crippen LogP contribution >= 0.6 is 23.7 Å². The van der Waals surface area contributed by atoms with Crippen molar-refractivity contribution in [2.75, 3.05) is 58.0 Å². The Labute approximate surface area is 200 Å². The van der Waals surface area contributed by atoms with Crippen LogP contribution in [0.3, 0.4) is 0 Å². The average Bonchev–Trinajstić information content (AvgIpc) is 3.23. The van der Waals surface area contributed by atoms with E-state index in [1.807, 2.05) is 0 Å². The molecule has 1 amide bonds. The van der Waals surface area contributed by atoms with E-state index in [1.165, 1.54) is 11.0 Å². The summed E-state index contributed by atoms with van der Waals surface area (Å²) in [6, 6.07) is 8.90. The summed E-state index contributed by atoms with van der Waals surface area (Å²) in [6.45, 7) is 3.54. The lowest BCUT2D eigenvalue weighted by Gasteiger charge is -2.29. The summed E-state index contributed by atoms with van der Waals surface area (Å²) in [5, 5.41) is 0.307. The number of morpholine rings is 1. The van der Waals surface area contributed by atoms with Gasteiger partial charge in [0, 0.05) is 32.2 Å². The monoisotopic (exact) mass is 499 g/mol. The Morgan fingerprint density at radius 2 is 1.88 bits per heavy atom. The maximum absolute atomic E-state index is 14.2. The first-order valence-electron chi connectivity index (χ1n) is 10.2. The number of carbonyl (C=O) groups excluding carboxylic acids is 1. The van der Waals surface area contributed by atoms with E-state index in [0.29, 0.717) is 47.6 Å². The summed E-state index contributed by atoms with van der Waals surface area (Å²) in [5.74, 6) is -0.560. The van der Waals surface area contributed by atoms with Crippen LogP contribution in [-0.2, 0) is 9.53 Å². The van der Waals surface area contributed by atoms with Crippen molar-refractivity contribution in [1.82, 2.24) is 9.88 Å². The van der Waals surface area contributed by atoms with E-state index < -0.39 is 11.6 Å². The second-order valence-corrected chi connectivity index (χ2v) is 8.20. The molecule has 0 N–H and O–H groups in total. The lowest BCUT2D eigenvalue weighted by atomic mass is 10.3. The molecule has 0 bridgehead atoms. The van der Waals surface area contributed by atoms with Gasteiger partial charge in [-0.1, -0.05) is 11.3 Å². The molecule has 1 aliphatic rings. The lowest BCUT2D eigenvalue weighted by Crippen LogP contribution is -2.44. The first kappa shape index (κ1) is 25.1. The fraction of sp³-hybridized carbons (Fsp3) is 0.364. The van der Waals surface area contributed by atoms with Gasteiger partial charge >= 0.3 is 0 Å². The molecule has 1 fully saturated rings. The molecule has 0 spiro atoms. The van der Waals surface area contributed by atoms with Gasteiger partial charge in [0.2, 0.25) is 0 Å². The van der Waals surface area contributed by atoms with E-state index in [-0.39, 0.29) is 30.4 Å². The quantitative estimate of drug-likeness (QED) is 0.470. The Kier molecular flexibility index (Phi) is 8.79. The number of nitrogens with zero attached hydrogens (tertiary/aromatic N) is 3. The van der Waals surface area contributed by atoms with E-state index in [4.69, 9.17) is 14.2 Å². The van der Waals surface area contributed by atoms with Gasteiger partial charge in [-0.05, 0) is 30.3 Å². The van der Waals surface area contributed by atoms with E-state index in [0.717, 1.165) is 30.5 Å². The molecule has 1 aliphatic heterocycles. The maximum Gasteiger partial charge on any atom is 0.266 e. The molecular weight excluding hydrogens is 476 g/mol. The molecule has 0 radical (unpaired) electrons. The zero-order valence-corrected chi connectivity index (χ0v) is 19.6. The van der Waals surface area contributed by atoms with Crippen molar-refractivity contribution < 1.29 is 27.8 Å². The SMILES string of the molecule is COc1ccc(OCC(=O)N(CCN2CCOCC2)c2nc3c(F)cc(F)cc3s2)cc1.Cl. The second kappa shape index (κ2) is 11.6. The van der Waals surface area contributed by atoms with Crippen LogP contribution in [0.4, 0.5) is 13.9 Å². The Bertz CT molecular complexity index is 1080. The van der Waals surface area contributed by atoms with Crippen LogP contribution in [0, 0.1) is 11.6 Å². The zero-order valence-electron chi connectivity index (χ0n) is 18.0. The lowest BCUT2D eigenvalue weighted by molar-refractivity contribution is -0.120. The van der Waals surface area contributed by atoms with E-state index >= 15 is 0 Å². The van der Waals surface area contributed by atoms with Crippen molar-refractivity contribution in [2.24, 2.45) is 0 Å². The second-order valence-electron chi connectivity index (χ2n) is 7.19. The maximum atomic E-state index is 14.2. The third-order valence-corrected chi connectivity index (χ3v) is 6.12. The summed E-state index contributed by atoms with van der Waals surface area (Å²) in [7, 11) is 1.57. The molecule has 0 aliphatic carbocycles. The molecule has 1 aromatic heterocycles. The number of carbonyl (C=O) groups is 1. The minimum Gasteiger partial charge on any atom is -0.497 e. The predicted octanol–water partition coefficient (Wildman–Crippen LogP) is 3.75. The van der Waals surface area contributed by atoms with Gasteiger partial charge in [0.15, 0.2) is 17.6 Å². The molecule has 2 aromatic carbocycles. The summed E-state index contributed by atoms with van der Waals surface area (Å²) in [4.78, 5) is 21.0. The van der Waals surface area contributed by atoms with E-state index in [1.54, 1.807) is 31.4 Å². The molecule has 33 heavy (non-hydrogen) atoms. The summed E-state index contributed by atoms with van der Waals surface area (Å²) in [6.07, 6.45) is 0.